The first-order valence-electron chi connectivity index (χ1n) is 6.23. The Kier molecular flexibility index (Phi) is 5.45. The third kappa shape index (κ3) is 5.52. The molecule has 0 aliphatic rings. The summed E-state index contributed by atoms with van der Waals surface area (Å²) >= 11 is 0. The highest BCUT2D eigenvalue weighted by molar-refractivity contribution is 7.88. The number of carboxylic acid groups (broad SMARTS) is 1. The summed E-state index contributed by atoms with van der Waals surface area (Å²) in [6.45, 7) is 3.35. The van der Waals surface area contributed by atoms with Crippen molar-refractivity contribution >= 4 is 21.9 Å². The average molecular weight is 314 g/mol. The van der Waals surface area contributed by atoms with Crippen LogP contribution >= 0.6 is 0 Å². The van der Waals surface area contributed by atoms with Crippen LogP contribution in [-0.2, 0) is 20.6 Å². The van der Waals surface area contributed by atoms with Crippen LogP contribution in [0.5, 0.6) is 0 Å². The molecule has 1 atom stereocenters. The summed E-state index contributed by atoms with van der Waals surface area (Å²) in [6, 6.07) is 4.87. The predicted molar refractivity (Wildman–Crippen MR) is 77.0 cm³/mol. The first-order valence-corrected chi connectivity index (χ1v) is 7.95. The van der Waals surface area contributed by atoms with E-state index in [1.54, 1.807) is 13.8 Å². The molecule has 0 bridgehead atoms. The Labute approximate surface area is 123 Å². The first kappa shape index (κ1) is 17.1. The topological polar surface area (TPSA) is 127 Å². The number of hydrogen-bond donors (Lipinski definition) is 3. The van der Waals surface area contributed by atoms with Crippen LogP contribution in [0.25, 0.3) is 0 Å². The lowest BCUT2D eigenvalue weighted by Gasteiger charge is -2.18. The van der Waals surface area contributed by atoms with Gasteiger partial charge in [-0.05, 0) is 23.6 Å². The van der Waals surface area contributed by atoms with Crippen molar-refractivity contribution in [1.82, 2.24) is 5.32 Å². The lowest BCUT2D eigenvalue weighted by molar-refractivity contribution is -0.140. The van der Waals surface area contributed by atoms with Gasteiger partial charge in [0.2, 0.25) is 10.0 Å². The number of aliphatic carboxylic acids is 1. The molecule has 1 amide bonds. The minimum absolute atomic E-state index is 0.183. The van der Waals surface area contributed by atoms with Crippen LogP contribution in [0.15, 0.2) is 24.3 Å². The zero-order valence-electron chi connectivity index (χ0n) is 11.7. The van der Waals surface area contributed by atoms with Gasteiger partial charge in [0.1, 0.15) is 6.04 Å². The number of carbonyl (C=O) groups is 2. The fourth-order valence-electron chi connectivity index (χ4n) is 1.77. The third-order valence-electron chi connectivity index (χ3n) is 2.78. The summed E-state index contributed by atoms with van der Waals surface area (Å²) in [7, 11) is -3.70. The van der Waals surface area contributed by atoms with Crippen LogP contribution in [0.3, 0.4) is 0 Å². The van der Waals surface area contributed by atoms with E-state index in [2.05, 4.69) is 5.32 Å². The summed E-state index contributed by atoms with van der Waals surface area (Å²) in [5, 5.41) is 16.4. The van der Waals surface area contributed by atoms with E-state index in [0.29, 0.717) is 5.56 Å². The van der Waals surface area contributed by atoms with E-state index < -0.39 is 27.9 Å². The van der Waals surface area contributed by atoms with E-state index >= 15 is 0 Å². The van der Waals surface area contributed by atoms with E-state index in [-0.39, 0.29) is 17.2 Å². The Morgan fingerprint density at radius 2 is 1.95 bits per heavy atom. The number of primary sulfonamides is 1. The van der Waals surface area contributed by atoms with Crippen molar-refractivity contribution in [2.45, 2.75) is 25.6 Å². The lowest BCUT2D eigenvalue weighted by Crippen LogP contribution is -2.44. The summed E-state index contributed by atoms with van der Waals surface area (Å²) in [5.41, 5.74) is 0.546. The number of benzene rings is 1. The van der Waals surface area contributed by atoms with Gasteiger partial charge in [0.15, 0.2) is 0 Å². The molecule has 0 aromatic heterocycles. The minimum atomic E-state index is -3.70. The first-order chi connectivity index (χ1) is 9.60. The molecule has 0 aliphatic carbocycles. The van der Waals surface area contributed by atoms with E-state index in [0.717, 1.165) is 0 Å². The lowest BCUT2D eigenvalue weighted by atomic mass is 10.0. The van der Waals surface area contributed by atoms with Gasteiger partial charge < -0.3 is 10.4 Å². The van der Waals surface area contributed by atoms with Crippen LogP contribution in [0.4, 0.5) is 0 Å². The van der Waals surface area contributed by atoms with Gasteiger partial charge in [0, 0.05) is 5.56 Å². The molecule has 8 heteroatoms. The second-order valence-electron chi connectivity index (χ2n) is 5.04. The number of nitrogens with two attached hydrogens (primary N) is 1. The fourth-order valence-corrected chi connectivity index (χ4v) is 2.42. The minimum Gasteiger partial charge on any atom is -0.480 e. The zero-order valence-corrected chi connectivity index (χ0v) is 12.6. The molecule has 116 valence electrons. The molecule has 0 fully saturated rings. The third-order valence-corrected chi connectivity index (χ3v) is 3.51. The van der Waals surface area contributed by atoms with Gasteiger partial charge in [-0.15, -0.1) is 0 Å². The molecule has 7 nitrogen and oxygen atoms in total. The van der Waals surface area contributed by atoms with Crippen LogP contribution in [0, 0.1) is 5.92 Å². The van der Waals surface area contributed by atoms with Gasteiger partial charge in [-0.1, -0.05) is 26.0 Å². The molecule has 0 radical (unpaired) electrons. The summed E-state index contributed by atoms with van der Waals surface area (Å²) < 4.78 is 22.1. The van der Waals surface area contributed by atoms with Gasteiger partial charge >= 0.3 is 5.97 Å². The zero-order chi connectivity index (χ0) is 16.2. The number of amides is 1. The molecule has 1 aromatic rings. The second-order valence-corrected chi connectivity index (χ2v) is 6.66. The standard InChI is InChI=1S/C13H18N2O5S/c1-8(2)11(13(17)18)15-12(16)10-5-3-4-9(6-10)7-21(14,19)20/h3-6,8,11H,7H2,1-2H3,(H,15,16)(H,17,18)(H2,14,19,20)/t11-/m1/s1. The Balaban J connectivity index is 2.93. The van der Waals surface area contributed by atoms with E-state index in [9.17, 15) is 18.0 Å². The molecule has 0 aliphatic heterocycles. The maximum atomic E-state index is 12.0. The van der Waals surface area contributed by atoms with Gasteiger partial charge in [-0.2, -0.15) is 0 Å². The van der Waals surface area contributed by atoms with E-state index in [1.807, 2.05) is 0 Å². The van der Waals surface area contributed by atoms with Crippen molar-refractivity contribution < 1.29 is 23.1 Å². The summed E-state index contributed by atoms with van der Waals surface area (Å²) in [5.74, 6) is -2.37. The molecular formula is C13H18N2O5S. The highest BCUT2D eigenvalue weighted by atomic mass is 32.2. The largest absolute Gasteiger partial charge is 0.480 e. The molecule has 0 heterocycles. The number of carboxylic acids is 1. The smallest absolute Gasteiger partial charge is 0.326 e. The normalized spacial score (nSPS) is 13.0. The number of carbonyl (C=O) groups excluding carboxylic acids is 1. The fraction of sp³-hybridized carbons (Fsp3) is 0.385. The predicted octanol–water partition coefficient (Wildman–Crippen LogP) is 0.314. The molecule has 4 N–H and O–H groups in total. The number of nitrogens with one attached hydrogen (secondary N) is 1. The Morgan fingerprint density at radius 3 is 2.43 bits per heavy atom. The molecule has 1 rings (SSSR count). The second kappa shape index (κ2) is 6.68. The molecule has 0 unspecified atom stereocenters. The van der Waals surface area contributed by atoms with Crippen molar-refractivity contribution in [3.05, 3.63) is 35.4 Å². The highest BCUT2D eigenvalue weighted by Crippen LogP contribution is 2.09. The van der Waals surface area contributed by atoms with Gasteiger partial charge in [-0.25, -0.2) is 18.4 Å². The molecule has 0 saturated heterocycles. The molecule has 0 saturated carbocycles. The maximum absolute atomic E-state index is 12.0. The Bertz CT molecular complexity index is 640. The van der Waals surface area contributed by atoms with Crippen molar-refractivity contribution in [2.75, 3.05) is 0 Å². The van der Waals surface area contributed by atoms with Gasteiger partial charge in [0.25, 0.3) is 5.91 Å². The Hall–Kier alpha value is -1.93. The molecule has 21 heavy (non-hydrogen) atoms. The number of sulfonamides is 1. The summed E-state index contributed by atoms with van der Waals surface area (Å²) in [4.78, 5) is 23.1. The molecule has 1 aromatic carbocycles. The van der Waals surface area contributed by atoms with Crippen molar-refractivity contribution in [3.8, 4) is 0 Å². The average Bonchev–Trinajstić information content (AvgIpc) is 2.33. The highest BCUT2D eigenvalue weighted by Gasteiger charge is 2.24. The van der Waals surface area contributed by atoms with Crippen LogP contribution in [0.1, 0.15) is 29.8 Å². The van der Waals surface area contributed by atoms with Gasteiger partial charge in [0.05, 0.1) is 5.75 Å². The molecular weight excluding hydrogens is 296 g/mol. The van der Waals surface area contributed by atoms with Gasteiger partial charge in [-0.3, -0.25) is 4.79 Å². The van der Waals surface area contributed by atoms with E-state index in [1.165, 1.54) is 24.3 Å². The van der Waals surface area contributed by atoms with Crippen LogP contribution in [-0.4, -0.2) is 31.4 Å². The van der Waals surface area contributed by atoms with Crippen molar-refractivity contribution in [2.24, 2.45) is 11.1 Å². The monoisotopic (exact) mass is 314 g/mol. The SMILES string of the molecule is CC(C)[C@@H](NC(=O)c1cccc(CS(N)(=O)=O)c1)C(=O)O. The van der Waals surface area contributed by atoms with Crippen LogP contribution < -0.4 is 10.5 Å². The van der Waals surface area contributed by atoms with Crippen LogP contribution in [0.2, 0.25) is 0 Å². The van der Waals surface area contributed by atoms with Crippen molar-refractivity contribution in [3.63, 3.8) is 0 Å². The molecule has 0 spiro atoms. The quantitative estimate of drug-likeness (QED) is 0.696. The number of rotatable bonds is 6. The van der Waals surface area contributed by atoms with E-state index in [4.69, 9.17) is 10.2 Å². The Morgan fingerprint density at radius 1 is 1.33 bits per heavy atom. The number of hydrogen-bond acceptors (Lipinski definition) is 4. The summed E-state index contributed by atoms with van der Waals surface area (Å²) in [6.07, 6.45) is 0. The van der Waals surface area contributed by atoms with Crippen molar-refractivity contribution in [1.29, 1.82) is 0 Å². The maximum Gasteiger partial charge on any atom is 0.326 e.